The lowest BCUT2D eigenvalue weighted by molar-refractivity contribution is -0.162. The van der Waals surface area contributed by atoms with Gasteiger partial charge in [-0.3, -0.25) is 43.4 Å². The van der Waals surface area contributed by atoms with Crippen LogP contribution >= 0.6 is 0 Å². The fourth-order valence-corrected chi connectivity index (χ4v) is 7.08. The molecular weight excluding hydrogens is 839 g/mol. The molecule has 65 heavy (non-hydrogen) atoms. The summed E-state index contributed by atoms with van der Waals surface area (Å²) in [6.07, 6.45) is 1.29. The second-order valence-corrected chi connectivity index (χ2v) is 21.4. The zero-order valence-electron chi connectivity index (χ0n) is 41.9. The Kier molecular flexibility index (Phi) is 20.6. The van der Waals surface area contributed by atoms with Gasteiger partial charge in [-0.05, 0) is 141 Å². The van der Waals surface area contributed by atoms with Gasteiger partial charge in [0.1, 0.15) is 53.2 Å². The molecule has 0 saturated carbocycles. The summed E-state index contributed by atoms with van der Waals surface area (Å²) in [7, 11) is 0. The van der Waals surface area contributed by atoms with Crippen molar-refractivity contribution in [3.05, 3.63) is 35.4 Å². The predicted octanol–water partition coefficient (Wildman–Crippen LogP) is 5.27. The molecule has 2 unspecified atom stereocenters. The zero-order valence-corrected chi connectivity index (χ0v) is 41.9. The number of esters is 5. The SMILES string of the molecule is CC(C)(C)OC(=O)CCCN1CCN(CC(=O)OC(C)(C)C)C(=O)C1c1ccc(C2C(=O)N(CC(=O)OC(C)(C)C)CCN2CCCC(=O)OC(C)(C)C)cc1.CC(C)(C)OC(=O)CN. The van der Waals surface area contributed by atoms with E-state index in [1.165, 1.54) is 9.80 Å². The highest BCUT2D eigenvalue weighted by atomic mass is 16.6. The smallest absolute Gasteiger partial charge is 0.326 e. The molecular formula is C48H79N5O12. The standard InChI is InChI=1S/C42H66N4O10.C6H13NO2/c1-39(2,3)53-31(47)15-13-21-43-23-25-45(27-33(49)55-41(7,8)9)37(51)35(43)29-17-19-30(20-18-29)36-38(52)46(28-34(50)56-42(10,11)12)26-24-44(36)22-14-16-32(48)54-40(4,5)6;1-6(2,3)9-5(8)4-7/h17-20,35-36H,13-16,21-28H2,1-12H3;4,7H2,1-3H3. The van der Waals surface area contributed by atoms with Crippen LogP contribution in [0.3, 0.4) is 0 Å². The minimum absolute atomic E-state index is 0.0444. The van der Waals surface area contributed by atoms with E-state index in [0.29, 0.717) is 63.2 Å². The van der Waals surface area contributed by atoms with Crippen molar-refractivity contribution in [2.75, 3.05) is 58.9 Å². The molecule has 3 rings (SSSR count). The van der Waals surface area contributed by atoms with Crippen molar-refractivity contribution in [2.45, 2.75) is 170 Å². The summed E-state index contributed by atoms with van der Waals surface area (Å²) >= 11 is 0. The van der Waals surface area contributed by atoms with Gasteiger partial charge in [-0.15, -0.1) is 0 Å². The van der Waals surface area contributed by atoms with Crippen molar-refractivity contribution in [1.29, 1.82) is 0 Å². The molecule has 2 saturated heterocycles. The monoisotopic (exact) mass is 918 g/mol. The molecule has 2 fully saturated rings. The van der Waals surface area contributed by atoms with Crippen LogP contribution in [0.2, 0.25) is 0 Å². The maximum Gasteiger partial charge on any atom is 0.326 e. The van der Waals surface area contributed by atoms with E-state index in [1.807, 2.05) is 75.6 Å². The van der Waals surface area contributed by atoms with Gasteiger partial charge in [0.15, 0.2) is 0 Å². The predicted molar refractivity (Wildman–Crippen MR) is 245 cm³/mol. The molecule has 1 aromatic rings. The number of piperazine rings is 2. The molecule has 2 atom stereocenters. The van der Waals surface area contributed by atoms with Gasteiger partial charge in [0, 0.05) is 39.0 Å². The van der Waals surface area contributed by atoms with Crippen LogP contribution in [0.25, 0.3) is 0 Å². The minimum Gasteiger partial charge on any atom is -0.460 e. The number of ether oxygens (including phenoxy) is 5. The molecule has 1 aromatic carbocycles. The van der Waals surface area contributed by atoms with E-state index < -0.39 is 52.0 Å². The molecule has 0 aromatic heterocycles. The molecule has 2 aliphatic rings. The number of nitrogens with two attached hydrogens (primary N) is 1. The third kappa shape index (κ3) is 22.0. The number of rotatable bonds is 15. The molecule has 2 heterocycles. The highest BCUT2D eigenvalue weighted by molar-refractivity contribution is 5.89. The first kappa shape index (κ1) is 56.5. The highest BCUT2D eigenvalue weighted by Gasteiger charge is 2.40. The number of amides is 2. The van der Waals surface area contributed by atoms with Crippen molar-refractivity contribution in [2.24, 2.45) is 5.73 Å². The van der Waals surface area contributed by atoms with Crippen LogP contribution in [-0.4, -0.2) is 148 Å². The highest BCUT2D eigenvalue weighted by Crippen LogP contribution is 2.32. The van der Waals surface area contributed by atoms with Crippen molar-refractivity contribution < 1.29 is 57.2 Å². The quantitative estimate of drug-likeness (QED) is 0.176. The Labute approximate surface area is 387 Å². The van der Waals surface area contributed by atoms with Crippen LogP contribution in [0.5, 0.6) is 0 Å². The van der Waals surface area contributed by atoms with Crippen LogP contribution in [0, 0.1) is 0 Å². The Balaban J connectivity index is 0.00000145. The largest absolute Gasteiger partial charge is 0.460 e. The Morgan fingerprint density at radius 3 is 1.02 bits per heavy atom. The first-order valence-electron chi connectivity index (χ1n) is 22.6. The van der Waals surface area contributed by atoms with Crippen molar-refractivity contribution in [1.82, 2.24) is 19.6 Å². The van der Waals surface area contributed by atoms with E-state index in [1.54, 1.807) is 62.3 Å². The summed E-state index contributed by atoms with van der Waals surface area (Å²) in [6.45, 7) is 28.9. The topological polar surface area (TPSA) is 205 Å². The van der Waals surface area contributed by atoms with Crippen LogP contribution in [0.15, 0.2) is 24.3 Å². The maximum atomic E-state index is 14.2. The van der Waals surface area contributed by atoms with Crippen LogP contribution < -0.4 is 5.73 Å². The summed E-state index contributed by atoms with van der Waals surface area (Å²) in [5, 5.41) is 0. The second kappa shape index (κ2) is 23.7. The summed E-state index contributed by atoms with van der Waals surface area (Å²) in [6, 6.07) is 5.75. The average Bonchev–Trinajstić information content (AvgIpc) is 3.11. The van der Waals surface area contributed by atoms with Gasteiger partial charge in [-0.25, -0.2) is 0 Å². The first-order chi connectivity index (χ1) is 29.7. The van der Waals surface area contributed by atoms with Gasteiger partial charge in [0.25, 0.3) is 0 Å². The molecule has 2 aliphatic heterocycles. The van der Waals surface area contributed by atoms with E-state index in [0.717, 1.165) is 0 Å². The van der Waals surface area contributed by atoms with Crippen LogP contribution in [0.1, 0.15) is 153 Å². The number of nitrogens with zero attached hydrogens (tertiary/aromatic N) is 4. The number of carbonyl (C=O) groups excluding carboxylic acids is 7. The second-order valence-electron chi connectivity index (χ2n) is 21.4. The molecule has 0 radical (unpaired) electrons. The van der Waals surface area contributed by atoms with E-state index in [2.05, 4.69) is 0 Å². The van der Waals surface area contributed by atoms with Crippen molar-refractivity contribution in [3.63, 3.8) is 0 Å². The van der Waals surface area contributed by atoms with E-state index in [9.17, 15) is 33.6 Å². The van der Waals surface area contributed by atoms with Gasteiger partial charge < -0.3 is 39.2 Å². The average molecular weight is 918 g/mol. The molecule has 0 bridgehead atoms. The lowest BCUT2D eigenvalue weighted by atomic mass is 9.95. The van der Waals surface area contributed by atoms with Crippen molar-refractivity contribution >= 4 is 41.7 Å². The first-order valence-corrected chi connectivity index (χ1v) is 22.6. The number of carbonyl (C=O) groups is 7. The normalized spacial score (nSPS) is 18.0. The van der Waals surface area contributed by atoms with Crippen LogP contribution in [0.4, 0.5) is 0 Å². The summed E-state index contributed by atoms with van der Waals surface area (Å²) < 4.78 is 26.8. The zero-order chi connectivity index (χ0) is 49.7. The molecule has 17 nitrogen and oxygen atoms in total. The molecule has 368 valence electrons. The van der Waals surface area contributed by atoms with Gasteiger partial charge in [-0.2, -0.15) is 0 Å². The third-order valence-electron chi connectivity index (χ3n) is 9.26. The van der Waals surface area contributed by atoms with Crippen molar-refractivity contribution in [3.8, 4) is 0 Å². The van der Waals surface area contributed by atoms with Crippen LogP contribution in [-0.2, 0) is 57.2 Å². The molecule has 0 aliphatic carbocycles. The minimum atomic E-state index is -0.755. The van der Waals surface area contributed by atoms with E-state index >= 15 is 0 Å². The third-order valence-corrected chi connectivity index (χ3v) is 9.26. The number of hydrogen-bond acceptors (Lipinski definition) is 15. The Morgan fingerprint density at radius 1 is 0.477 bits per heavy atom. The lowest BCUT2D eigenvalue weighted by Crippen LogP contribution is -2.54. The molecule has 2 amide bonds. The molecule has 17 heteroatoms. The van der Waals surface area contributed by atoms with Gasteiger partial charge in [0.2, 0.25) is 11.8 Å². The summed E-state index contributed by atoms with van der Waals surface area (Å²) in [5.74, 6) is -2.54. The molecule has 0 spiro atoms. The Bertz CT molecular complexity index is 1670. The fourth-order valence-electron chi connectivity index (χ4n) is 7.08. The van der Waals surface area contributed by atoms with Gasteiger partial charge in [-0.1, -0.05) is 24.3 Å². The van der Waals surface area contributed by atoms with Gasteiger partial charge in [0.05, 0.1) is 6.54 Å². The number of hydrogen-bond donors (Lipinski definition) is 1. The number of benzene rings is 1. The summed E-state index contributed by atoms with van der Waals surface area (Å²) in [5.41, 5.74) is 3.30. The lowest BCUT2D eigenvalue weighted by Gasteiger charge is -2.42. The summed E-state index contributed by atoms with van der Waals surface area (Å²) in [4.78, 5) is 96.4. The Morgan fingerprint density at radius 2 is 0.754 bits per heavy atom. The van der Waals surface area contributed by atoms with Gasteiger partial charge >= 0.3 is 29.8 Å². The maximum absolute atomic E-state index is 14.2. The Hall–Kier alpha value is -4.61. The fraction of sp³-hybridized carbons (Fsp3) is 0.729. The van der Waals surface area contributed by atoms with E-state index in [-0.39, 0.29) is 62.2 Å². The van der Waals surface area contributed by atoms with E-state index in [4.69, 9.17) is 29.4 Å². The molecule has 2 N–H and O–H groups in total.